The molecular weight excluding hydrogens is 280 g/mol. The van der Waals surface area contributed by atoms with E-state index in [0.29, 0.717) is 0 Å². The Morgan fingerprint density at radius 3 is 2.81 bits per heavy atom. The molecule has 0 atom stereocenters. The molecule has 0 saturated heterocycles. The second-order valence-electron chi connectivity index (χ2n) is 5.68. The smallest absolute Gasteiger partial charge is 0.0455 e. The molecule has 1 N–H and O–H groups in total. The average molecular weight is 301 g/mol. The minimum absolute atomic E-state index is 0.815. The average Bonchev–Trinajstić information content (AvgIpc) is 2.92. The summed E-state index contributed by atoms with van der Waals surface area (Å²) in [5.74, 6) is 0. The number of benzene rings is 2. The molecule has 0 aliphatic carbocycles. The van der Waals surface area contributed by atoms with E-state index in [9.17, 15) is 0 Å². The summed E-state index contributed by atoms with van der Waals surface area (Å²) in [5.41, 5.74) is 6.54. The van der Waals surface area contributed by atoms with Crippen molar-refractivity contribution in [2.45, 2.75) is 33.5 Å². The number of rotatable bonds is 4. The molecule has 110 valence electrons. The van der Waals surface area contributed by atoms with E-state index in [4.69, 9.17) is 11.6 Å². The van der Waals surface area contributed by atoms with Crippen LogP contribution >= 0.6 is 11.6 Å². The fourth-order valence-corrected chi connectivity index (χ4v) is 3.03. The van der Waals surface area contributed by atoms with Gasteiger partial charge in [-0.15, -0.1) is 0 Å². The largest absolute Gasteiger partial charge is 0.381 e. The first-order chi connectivity index (χ1) is 10.2. The minimum Gasteiger partial charge on any atom is -0.381 e. The highest BCUT2D eigenvalue weighted by atomic mass is 35.5. The summed E-state index contributed by atoms with van der Waals surface area (Å²) in [6, 6.07) is 12.8. The Labute approximate surface area is 131 Å². The van der Waals surface area contributed by atoms with Crippen LogP contribution in [-0.4, -0.2) is 11.4 Å². The lowest BCUT2D eigenvalue weighted by Gasteiger charge is -2.12. The highest BCUT2D eigenvalue weighted by Crippen LogP contribution is 2.27. The van der Waals surface area contributed by atoms with E-state index in [0.717, 1.165) is 42.5 Å². The maximum atomic E-state index is 6.18. The number of hydrogen-bond acceptors (Lipinski definition) is 2. The molecule has 0 aromatic heterocycles. The van der Waals surface area contributed by atoms with Crippen molar-refractivity contribution in [2.75, 3.05) is 11.9 Å². The molecule has 2 aromatic carbocycles. The van der Waals surface area contributed by atoms with Gasteiger partial charge in [-0.3, -0.25) is 4.90 Å². The number of nitrogens with one attached hydrogen (secondary N) is 1. The monoisotopic (exact) mass is 300 g/mol. The van der Waals surface area contributed by atoms with Gasteiger partial charge in [-0.1, -0.05) is 42.8 Å². The van der Waals surface area contributed by atoms with Crippen molar-refractivity contribution < 1.29 is 0 Å². The van der Waals surface area contributed by atoms with Crippen molar-refractivity contribution in [2.24, 2.45) is 0 Å². The molecule has 1 heterocycles. The van der Waals surface area contributed by atoms with Crippen molar-refractivity contribution in [3.8, 4) is 0 Å². The lowest BCUT2D eigenvalue weighted by atomic mass is 10.0. The SMILES string of the molecule is CCN1Cc2cccc(CNc3ccc(C)c(Cl)c3)c2C1. The quantitative estimate of drug-likeness (QED) is 0.888. The van der Waals surface area contributed by atoms with Gasteiger partial charge in [0.2, 0.25) is 0 Å². The molecule has 3 rings (SSSR count). The third kappa shape index (κ3) is 3.07. The maximum Gasteiger partial charge on any atom is 0.0455 e. The van der Waals surface area contributed by atoms with E-state index in [-0.39, 0.29) is 0 Å². The van der Waals surface area contributed by atoms with Crippen molar-refractivity contribution in [3.05, 3.63) is 63.7 Å². The summed E-state index contributed by atoms with van der Waals surface area (Å²) in [4.78, 5) is 2.47. The van der Waals surface area contributed by atoms with Gasteiger partial charge in [0.1, 0.15) is 0 Å². The van der Waals surface area contributed by atoms with Gasteiger partial charge in [0.15, 0.2) is 0 Å². The molecule has 0 spiro atoms. The van der Waals surface area contributed by atoms with Crippen LogP contribution in [0.4, 0.5) is 5.69 Å². The van der Waals surface area contributed by atoms with Crippen LogP contribution < -0.4 is 5.32 Å². The summed E-state index contributed by atoms with van der Waals surface area (Å²) in [7, 11) is 0. The first-order valence-corrected chi connectivity index (χ1v) is 7.87. The molecule has 0 fully saturated rings. The highest BCUT2D eigenvalue weighted by Gasteiger charge is 2.19. The predicted octanol–water partition coefficient (Wildman–Crippen LogP) is 4.60. The van der Waals surface area contributed by atoms with Crippen molar-refractivity contribution in [3.63, 3.8) is 0 Å². The molecule has 3 heteroatoms. The van der Waals surface area contributed by atoms with Crippen molar-refractivity contribution >= 4 is 17.3 Å². The molecule has 0 bridgehead atoms. The first kappa shape index (κ1) is 14.4. The van der Waals surface area contributed by atoms with Crippen LogP contribution in [-0.2, 0) is 19.6 Å². The summed E-state index contributed by atoms with van der Waals surface area (Å²) in [5, 5.41) is 4.30. The zero-order valence-electron chi connectivity index (χ0n) is 12.6. The summed E-state index contributed by atoms with van der Waals surface area (Å²) in [6.07, 6.45) is 0. The number of aryl methyl sites for hydroxylation is 1. The summed E-state index contributed by atoms with van der Waals surface area (Å²) >= 11 is 6.18. The second kappa shape index (κ2) is 6.08. The zero-order valence-corrected chi connectivity index (χ0v) is 13.4. The predicted molar refractivity (Wildman–Crippen MR) is 89.7 cm³/mol. The molecule has 2 aromatic rings. The van der Waals surface area contributed by atoms with Crippen LogP contribution in [0.3, 0.4) is 0 Å². The first-order valence-electron chi connectivity index (χ1n) is 7.49. The van der Waals surface area contributed by atoms with Crippen LogP contribution in [0.25, 0.3) is 0 Å². The van der Waals surface area contributed by atoms with Gasteiger partial charge in [0, 0.05) is 30.3 Å². The number of anilines is 1. The van der Waals surface area contributed by atoms with Crippen molar-refractivity contribution in [1.82, 2.24) is 4.90 Å². The third-order valence-electron chi connectivity index (χ3n) is 4.25. The number of hydrogen-bond donors (Lipinski definition) is 1. The normalized spacial score (nSPS) is 14.2. The number of halogens is 1. The van der Waals surface area contributed by atoms with E-state index in [1.807, 2.05) is 13.0 Å². The lowest BCUT2D eigenvalue weighted by Crippen LogP contribution is -2.15. The van der Waals surface area contributed by atoms with E-state index in [1.165, 1.54) is 16.7 Å². The summed E-state index contributed by atoms with van der Waals surface area (Å²) in [6.45, 7) is 8.34. The van der Waals surface area contributed by atoms with Gasteiger partial charge in [-0.2, -0.15) is 0 Å². The standard InChI is InChI=1S/C18H21ClN2/c1-3-21-11-15-6-4-5-14(17(15)12-21)10-20-16-8-7-13(2)18(19)9-16/h4-9,20H,3,10-12H2,1-2H3. The third-order valence-corrected chi connectivity index (χ3v) is 4.65. The Hall–Kier alpha value is -1.51. The van der Waals surface area contributed by atoms with Crippen LogP contribution in [0.2, 0.25) is 5.02 Å². The molecule has 0 amide bonds. The van der Waals surface area contributed by atoms with Gasteiger partial charge in [0.05, 0.1) is 0 Å². The molecular formula is C18H21ClN2. The Balaban J connectivity index is 1.75. The molecule has 0 saturated carbocycles. The Morgan fingerprint density at radius 1 is 1.19 bits per heavy atom. The van der Waals surface area contributed by atoms with E-state index >= 15 is 0 Å². The van der Waals surface area contributed by atoms with Crippen LogP contribution in [0.15, 0.2) is 36.4 Å². The molecule has 0 unspecified atom stereocenters. The Morgan fingerprint density at radius 2 is 2.05 bits per heavy atom. The topological polar surface area (TPSA) is 15.3 Å². The van der Waals surface area contributed by atoms with Gasteiger partial charge in [-0.05, 0) is 47.9 Å². The van der Waals surface area contributed by atoms with E-state index in [1.54, 1.807) is 0 Å². The van der Waals surface area contributed by atoms with Gasteiger partial charge < -0.3 is 5.32 Å². The second-order valence-corrected chi connectivity index (χ2v) is 6.08. The fraction of sp³-hybridized carbons (Fsp3) is 0.333. The van der Waals surface area contributed by atoms with Crippen LogP contribution in [0.1, 0.15) is 29.2 Å². The van der Waals surface area contributed by atoms with E-state index in [2.05, 4.69) is 47.5 Å². The molecule has 1 aliphatic heterocycles. The van der Waals surface area contributed by atoms with Crippen molar-refractivity contribution in [1.29, 1.82) is 0 Å². The molecule has 2 nitrogen and oxygen atoms in total. The Kier molecular flexibility index (Phi) is 4.18. The maximum absolute atomic E-state index is 6.18. The highest BCUT2D eigenvalue weighted by molar-refractivity contribution is 6.31. The summed E-state index contributed by atoms with van der Waals surface area (Å²) < 4.78 is 0. The van der Waals surface area contributed by atoms with Gasteiger partial charge in [-0.25, -0.2) is 0 Å². The molecule has 21 heavy (non-hydrogen) atoms. The fourth-order valence-electron chi connectivity index (χ4n) is 2.85. The van der Waals surface area contributed by atoms with Crippen LogP contribution in [0, 0.1) is 6.92 Å². The Bertz CT molecular complexity index is 652. The van der Waals surface area contributed by atoms with Gasteiger partial charge in [0.25, 0.3) is 0 Å². The van der Waals surface area contributed by atoms with Crippen LogP contribution in [0.5, 0.6) is 0 Å². The zero-order chi connectivity index (χ0) is 14.8. The lowest BCUT2D eigenvalue weighted by molar-refractivity contribution is 0.300. The minimum atomic E-state index is 0.815. The number of fused-ring (bicyclic) bond motifs is 1. The van der Waals surface area contributed by atoms with E-state index < -0.39 is 0 Å². The molecule has 1 aliphatic rings. The van der Waals surface area contributed by atoms with Gasteiger partial charge >= 0.3 is 0 Å². The number of nitrogens with zero attached hydrogens (tertiary/aromatic N) is 1. The molecule has 0 radical (unpaired) electrons.